The second-order valence-electron chi connectivity index (χ2n) is 6.92. The number of para-hydroxylation sites is 1. The van der Waals surface area contributed by atoms with Crippen molar-refractivity contribution in [1.29, 1.82) is 0 Å². The van der Waals surface area contributed by atoms with E-state index in [1.807, 2.05) is 77.5 Å². The monoisotopic (exact) mass is 381 g/mol. The molecule has 0 aliphatic carbocycles. The predicted molar refractivity (Wildman–Crippen MR) is 115 cm³/mol. The van der Waals surface area contributed by atoms with Crippen LogP contribution in [0.25, 0.3) is 5.69 Å². The maximum atomic E-state index is 12.9. The van der Waals surface area contributed by atoms with Crippen LogP contribution in [0.5, 0.6) is 0 Å². The standard InChI is InChI=1S/C25H23N3O/c29-25(27-18-22-11-5-7-13-24(22)28-17-16-26-19-28)23-12-6-4-10-21(23)15-14-20-8-2-1-3-9-20/h1-13,16-17,19H,14-15,18H2,(H,27,29). The first kappa shape index (κ1) is 18.7. The molecule has 0 aliphatic heterocycles. The van der Waals surface area contributed by atoms with Crippen LogP contribution < -0.4 is 5.32 Å². The van der Waals surface area contributed by atoms with E-state index in [4.69, 9.17) is 0 Å². The van der Waals surface area contributed by atoms with Crippen molar-refractivity contribution in [2.75, 3.05) is 0 Å². The zero-order valence-electron chi connectivity index (χ0n) is 16.2. The Morgan fingerprint density at radius 2 is 1.55 bits per heavy atom. The number of rotatable bonds is 7. The predicted octanol–water partition coefficient (Wildman–Crippen LogP) is 4.59. The SMILES string of the molecule is O=C(NCc1ccccc1-n1ccnc1)c1ccccc1CCc1ccccc1. The van der Waals surface area contributed by atoms with Crippen LogP contribution in [0.2, 0.25) is 0 Å². The lowest BCUT2D eigenvalue weighted by Gasteiger charge is -2.13. The molecule has 0 saturated heterocycles. The Balaban J connectivity index is 1.46. The largest absolute Gasteiger partial charge is 0.348 e. The summed E-state index contributed by atoms with van der Waals surface area (Å²) in [4.78, 5) is 17.0. The summed E-state index contributed by atoms with van der Waals surface area (Å²) in [6.45, 7) is 0.459. The Hall–Kier alpha value is -3.66. The molecule has 4 heteroatoms. The highest BCUT2D eigenvalue weighted by Crippen LogP contribution is 2.16. The number of imidazole rings is 1. The van der Waals surface area contributed by atoms with Crippen molar-refractivity contribution >= 4 is 5.91 Å². The number of nitrogens with one attached hydrogen (secondary N) is 1. The van der Waals surface area contributed by atoms with Gasteiger partial charge >= 0.3 is 0 Å². The van der Waals surface area contributed by atoms with E-state index in [1.165, 1.54) is 5.56 Å². The van der Waals surface area contributed by atoms with Crippen LogP contribution in [0.4, 0.5) is 0 Å². The van der Waals surface area contributed by atoms with Crippen molar-refractivity contribution < 1.29 is 4.79 Å². The topological polar surface area (TPSA) is 46.9 Å². The van der Waals surface area contributed by atoms with E-state index in [0.29, 0.717) is 6.54 Å². The highest BCUT2D eigenvalue weighted by Gasteiger charge is 2.12. The van der Waals surface area contributed by atoms with Crippen LogP contribution in [0.15, 0.2) is 97.6 Å². The summed E-state index contributed by atoms with van der Waals surface area (Å²) in [6, 6.07) is 26.2. The van der Waals surface area contributed by atoms with Crippen LogP contribution in [0, 0.1) is 0 Å². The molecule has 1 heterocycles. The lowest BCUT2D eigenvalue weighted by molar-refractivity contribution is 0.0950. The molecule has 0 unspecified atom stereocenters. The van der Waals surface area contributed by atoms with Gasteiger partial charge in [-0.3, -0.25) is 4.79 Å². The molecule has 29 heavy (non-hydrogen) atoms. The number of aromatic nitrogens is 2. The summed E-state index contributed by atoms with van der Waals surface area (Å²) in [5.74, 6) is -0.0471. The molecule has 144 valence electrons. The fourth-order valence-corrected chi connectivity index (χ4v) is 3.47. The van der Waals surface area contributed by atoms with Crippen LogP contribution in [-0.2, 0) is 19.4 Å². The van der Waals surface area contributed by atoms with Gasteiger partial charge in [-0.05, 0) is 41.7 Å². The van der Waals surface area contributed by atoms with E-state index < -0.39 is 0 Å². The van der Waals surface area contributed by atoms with Gasteiger partial charge in [-0.15, -0.1) is 0 Å². The summed E-state index contributed by atoms with van der Waals surface area (Å²) >= 11 is 0. The highest BCUT2D eigenvalue weighted by atomic mass is 16.1. The summed E-state index contributed by atoms with van der Waals surface area (Å²) < 4.78 is 1.95. The molecule has 3 aromatic carbocycles. The minimum absolute atomic E-state index is 0.0471. The molecule has 4 rings (SSSR count). The maximum Gasteiger partial charge on any atom is 0.251 e. The van der Waals surface area contributed by atoms with Crippen molar-refractivity contribution in [2.45, 2.75) is 19.4 Å². The highest BCUT2D eigenvalue weighted by molar-refractivity contribution is 5.95. The fourth-order valence-electron chi connectivity index (χ4n) is 3.47. The molecule has 0 atom stereocenters. The zero-order valence-corrected chi connectivity index (χ0v) is 16.2. The Kier molecular flexibility index (Phi) is 5.81. The van der Waals surface area contributed by atoms with Gasteiger partial charge in [0, 0.05) is 24.5 Å². The van der Waals surface area contributed by atoms with Crippen LogP contribution in [0.3, 0.4) is 0 Å². The molecule has 0 radical (unpaired) electrons. The lowest BCUT2D eigenvalue weighted by Crippen LogP contribution is -2.24. The molecular formula is C25H23N3O. The Bertz CT molecular complexity index is 1070. The second kappa shape index (κ2) is 9.02. The van der Waals surface area contributed by atoms with Crippen molar-refractivity contribution in [2.24, 2.45) is 0 Å². The first-order valence-electron chi connectivity index (χ1n) is 9.77. The number of nitrogens with zero attached hydrogens (tertiary/aromatic N) is 2. The number of carbonyl (C=O) groups is 1. The summed E-state index contributed by atoms with van der Waals surface area (Å²) in [7, 11) is 0. The van der Waals surface area contributed by atoms with Gasteiger partial charge in [-0.25, -0.2) is 4.98 Å². The third-order valence-electron chi connectivity index (χ3n) is 5.00. The summed E-state index contributed by atoms with van der Waals surface area (Å²) in [5, 5.41) is 3.08. The van der Waals surface area contributed by atoms with Gasteiger partial charge in [0.15, 0.2) is 0 Å². The number of carbonyl (C=O) groups excluding carboxylic acids is 1. The van der Waals surface area contributed by atoms with Crippen LogP contribution in [-0.4, -0.2) is 15.5 Å². The van der Waals surface area contributed by atoms with Crippen molar-refractivity contribution in [3.8, 4) is 5.69 Å². The Morgan fingerprint density at radius 1 is 0.828 bits per heavy atom. The van der Waals surface area contributed by atoms with E-state index in [-0.39, 0.29) is 5.91 Å². The first-order chi connectivity index (χ1) is 14.3. The van der Waals surface area contributed by atoms with Gasteiger partial charge in [0.25, 0.3) is 5.91 Å². The van der Waals surface area contributed by atoms with Crippen molar-refractivity contribution in [1.82, 2.24) is 14.9 Å². The van der Waals surface area contributed by atoms with Crippen molar-refractivity contribution in [3.63, 3.8) is 0 Å². The van der Waals surface area contributed by atoms with E-state index >= 15 is 0 Å². The van der Waals surface area contributed by atoms with E-state index in [9.17, 15) is 4.79 Å². The molecule has 1 amide bonds. The third kappa shape index (κ3) is 4.61. The minimum atomic E-state index is -0.0471. The molecule has 4 aromatic rings. The smallest absolute Gasteiger partial charge is 0.251 e. The molecular weight excluding hydrogens is 358 g/mol. The number of hydrogen-bond donors (Lipinski definition) is 1. The molecule has 0 fully saturated rings. The molecule has 0 spiro atoms. The quantitative estimate of drug-likeness (QED) is 0.509. The second-order valence-corrected chi connectivity index (χ2v) is 6.92. The van der Waals surface area contributed by atoms with Gasteiger partial charge in [-0.1, -0.05) is 66.7 Å². The fraction of sp³-hybridized carbons (Fsp3) is 0.120. The van der Waals surface area contributed by atoms with Gasteiger partial charge < -0.3 is 9.88 Å². The average Bonchev–Trinajstić information content (AvgIpc) is 3.32. The van der Waals surface area contributed by atoms with Gasteiger partial charge in [0.2, 0.25) is 0 Å². The van der Waals surface area contributed by atoms with E-state index in [0.717, 1.165) is 35.2 Å². The van der Waals surface area contributed by atoms with E-state index in [2.05, 4.69) is 22.4 Å². The molecule has 1 aromatic heterocycles. The summed E-state index contributed by atoms with van der Waals surface area (Å²) in [5.41, 5.74) is 5.14. The molecule has 0 saturated carbocycles. The lowest BCUT2D eigenvalue weighted by atomic mass is 9.99. The molecule has 1 N–H and O–H groups in total. The molecule has 0 bridgehead atoms. The Morgan fingerprint density at radius 3 is 2.34 bits per heavy atom. The van der Waals surface area contributed by atoms with Gasteiger partial charge in [0.1, 0.15) is 0 Å². The number of amides is 1. The maximum absolute atomic E-state index is 12.9. The zero-order chi connectivity index (χ0) is 19.9. The molecule has 4 nitrogen and oxygen atoms in total. The number of hydrogen-bond acceptors (Lipinski definition) is 2. The third-order valence-corrected chi connectivity index (χ3v) is 5.00. The van der Waals surface area contributed by atoms with E-state index in [1.54, 1.807) is 12.5 Å². The normalized spacial score (nSPS) is 10.6. The minimum Gasteiger partial charge on any atom is -0.348 e. The van der Waals surface area contributed by atoms with Crippen LogP contribution >= 0.6 is 0 Å². The first-order valence-corrected chi connectivity index (χ1v) is 9.77. The molecule has 0 aliphatic rings. The summed E-state index contributed by atoms with van der Waals surface area (Å²) in [6.07, 6.45) is 7.16. The van der Waals surface area contributed by atoms with Gasteiger partial charge in [-0.2, -0.15) is 0 Å². The van der Waals surface area contributed by atoms with Crippen LogP contribution in [0.1, 0.15) is 27.0 Å². The number of aryl methyl sites for hydroxylation is 2. The Labute approximate surface area is 170 Å². The average molecular weight is 381 g/mol. The van der Waals surface area contributed by atoms with Crippen molar-refractivity contribution in [3.05, 3.63) is 120 Å². The van der Waals surface area contributed by atoms with Gasteiger partial charge in [0.05, 0.1) is 12.0 Å². The number of benzene rings is 3.